The molecule has 2 heteroatoms. The number of hydrogen-bond donors (Lipinski definition) is 1. The van der Waals surface area contributed by atoms with Crippen LogP contribution in [0.5, 0.6) is 5.75 Å². The number of ether oxygens (including phenoxy) is 1. The van der Waals surface area contributed by atoms with Gasteiger partial charge in [0.25, 0.3) is 0 Å². The molecule has 0 aliphatic carbocycles. The molecule has 0 unspecified atom stereocenters. The van der Waals surface area contributed by atoms with Crippen molar-refractivity contribution in [2.24, 2.45) is 0 Å². The first kappa shape index (κ1) is 15.4. The summed E-state index contributed by atoms with van der Waals surface area (Å²) >= 11 is 0. The first-order valence-electron chi connectivity index (χ1n) is 7.76. The van der Waals surface area contributed by atoms with E-state index < -0.39 is 0 Å². The molecule has 2 aromatic carbocycles. The number of nitrogens with one attached hydrogen (secondary N) is 1. The van der Waals surface area contributed by atoms with Crippen LogP contribution in [0, 0.1) is 0 Å². The second-order valence-corrected chi connectivity index (χ2v) is 5.57. The molecule has 112 valence electrons. The van der Waals surface area contributed by atoms with Crippen LogP contribution in [0.2, 0.25) is 0 Å². The minimum Gasteiger partial charge on any atom is -0.491 e. The Bertz CT molecular complexity index is 546. The summed E-state index contributed by atoms with van der Waals surface area (Å²) in [5.74, 6) is 0.961. The Morgan fingerprint density at radius 3 is 2.38 bits per heavy atom. The second-order valence-electron chi connectivity index (χ2n) is 5.57. The molecule has 1 N–H and O–H groups in total. The fourth-order valence-electron chi connectivity index (χ4n) is 2.29. The van der Waals surface area contributed by atoms with E-state index in [2.05, 4.69) is 62.5 Å². The normalized spacial score (nSPS) is 10.7. The van der Waals surface area contributed by atoms with Crippen molar-refractivity contribution in [1.29, 1.82) is 0 Å². The molecule has 0 fully saturated rings. The van der Waals surface area contributed by atoms with Gasteiger partial charge in [-0.2, -0.15) is 0 Å². The molecule has 2 nitrogen and oxygen atoms in total. The highest BCUT2D eigenvalue weighted by Crippen LogP contribution is 2.21. The van der Waals surface area contributed by atoms with Crippen LogP contribution in [0.1, 0.15) is 38.3 Å². The van der Waals surface area contributed by atoms with Crippen LogP contribution in [0.15, 0.2) is 48.5 Å². The molecule has 0 radical (unpaired) electrons. The van der Waals surface area contributed by atoms with Crippen LogP contribution in [-0.2, 0) is 13.0 Å². The van der Waals surface area contributed by atoms with E-state index >= 15 is 0 Å². The van der Waals surface area contributed by atoms with Gasteiger partial charge in [-0.05, 0) is 44.0 Å². The zero-order valence-electron chi connectivity index (χ0n) is 13.2. The van der Waals surface area contributed by atoms with Crippen molar-refractivity contribution in [1.82, 2.24) is 0 Å². The van der Waals surface area contributed by atoms with E-state index in [1.807, 2.05) is 12.1 Å². The van der Waals surface area contributed by atoms with Crippen molar-refractivity contribution in [3.05, 3.63) is 59.7 Å². The molecule has 2 aromatic rings. The first-order chi connectivity index (χ1) is 10.2. The number of para-hydroxylation sites is 1. The van der Waals surface area contributed by atoms with Gasteiger partial charge in [0.05, 0.1) is 6.10 Å². The molecule has 0 saturated heterocycles. The number of rotatable bonds is 7. The van der Waals surface area contributed by atoms with Crippen LogP contribution >= 0.6 is 0 Å². The molecule has 2 rings (SSSR count). The van der Waals surface area contributed by atoms with Gasteiger partial charge < -0.3 is 10.1 Å². The minimum atomic E-state index is 0.194. The smallest absolute Gasteiger partial charge is 0.124 e. The molecule has 0 heterocycles. The van der Waals surface area contributed by atoms with Crippen molar-refractivity contribution in [3.63, 3.8) is 0 Å². The lowest BCUT2D eigenvalue weighted by molar-refractivity contribution is 0.240. The third-order valence-corrected chi connectivity index (χ3v) is 3.31. The largest absolute Gasteiger partial charge is 0.491 e. The van der Waals surface area contributed by atoms with Crippen molar-refractivity contribution in [2.45, 2.75) is 46.3 Å². The average Bonchev–Trinajstić information content (AvgIpc) is 2.48. The van der Waals surface area contributed by atoms with Gasteiger partial charge in [0.2, 0.25) is 0 Å². The minimum absolute atomic E-state index is 0.194. The Labute approximate surface area is 128 Å². The maximum Gasteiger partial charge on any atom is 0.124 e. The summed E-state index contributed by atoms with van der Waals surface area (Å²) in [7, 11) is 0. The van der Waals surface area contributed by atoms with Crippen LogP contribution in [0.4, 0.5) is 5.69 Å². The van der Waals surface area contributed by atoms with Gasteiger partial charge in [0.15, 0.2) is 0 Å². The summed E-state index contributed by atoms with van der Waals surface area (Å²) in [5, 5.41) is 3.46. The van der Waals surface area contributed by atoms with E-state index in [0.29, 0.717) is 0 Å². The zero-order chi connectivity index (χ0) is 15.1. The predicted molar refractivity (Wildman–Crippen MR) is 90.0 cm³/mol. The molecule has 0 amide bonds. The monoisotopic (exact) mass is 283 g/mol. The molecular formula is C19H25NO. The molecule has 0 saturated carbocycles. The number of hydrogen-bond acceptors (Lipinski definition) is 2. The predicted octanol–water partition coefficient (Wildman–Crippen LogP) is 5.04. The zero-order valence-corrected chi connectivity index (χ0v) is 13.2. The number of anilines is 1. The summed E-state index contributed by atoms with van der Waals surface area (Å²) in [6.45, 7) is 7.08. The van der Waals surface area contributed by atoms with E-state index in [1.54, 1.807) is 0 Å². The molecule has 0 aromatic heterocycles. The average molecular weight is 283 g/mol. The van der Waals surface area contributed by atoms with Gasteiger partial charge >= 0.3 is 0 Å². The van der Waals surface area contributed by atoms with Gasteiger partial charge in [-0.1, -0.05) is 43.7 Å². The van der Waals surface area contributed by atoms with E-state index in [1.165, 1.54) is 17.5 Å². The van der Waals surface area contributed by atoms with E-state index in [-0.39, 0.29) is 6.10 Å². The molecule has 0 aliphatic rings. The Morgan fingerprint density at radius 2 is 1.71 bits per heavy atom. The fraction of sp³-hybridized carbons (Fsp3) is 0.368. The van der Waals surface area contributed by atoms with Crippen LogP contribution < -0.4 is 10.1 Å². The van der Waals surface area contributed by atoms with Crippen LogP contribution in [0.3, 0.4) is 0 Å². The van der Waals surface area contributed by atoms with Crippen molar-refractivity contribution in [2.75, 3.05) is 5.32 Å². The molecule has 0 atom stereocenters. The van der Waals surface area contributed by atoms with Gasteiger partial charge in [-0.15, -0.1) is 0 Å². The summed E-state index contributed by atoms with van der Waals surface area (Å²) in [6.07, 6.45) is 2.53. The van der Waals surface area contributed by atoms with Gasteiger partial charge in [0.1, 0.15) is 5.75 Å². The van der Waals surface area contributed by atoms with Crippen molar-refractivity contribution < 1.29 is 4.74 Å². The Morgan fingerprint density at radius 1 is 1.00 bits per heavy atom. The molecule has 0 bridgehead atoms. The number of aryl methyl sites for hydroxylation is 1. The topological polar surface area (TPSA) is 21.3 Å². The quantitative estimate of drug-likeness (QED) is 0.768. The summed E-state index contributed by atoms with van der Waals surface area (Å²) < 4.78 is 5.84. The van der Waals surface area contributed by atoms with Crippen molar-refractivity contribution in [3.8, 4) is 5.75 Å². The summed E-state index contributed by atoms with van der Waals surface area (Å²) in [4.78, 5) is 0. The third kappa shape index (κ3) is 4.82. The van der Waals surface area contributed by atoms with Gasteiger partial charge in [-0.3, -0.25) is 0 Å². The lowest BCUT2D eigenvalue weighted by Crippen LogP contribution is -2.09. The highest BCUT2D eigenvalue weighted by Gasteiger charge is 2.04. The molecule has 0 spiro atoms. The van der Waals surface area contributed by atoms with E-state index in [0.717, 1.165) is 24.4 Å². The highest BCUT2D eigenvalue weighted by molar-refractivity contribution is 5.46. The standard InChI is InChI=1S/C19H25NO/c1-4-7-16-10-12-18(13-11-16)20-14-17-8-5-6-9-19(17)21-15(2)3/h5-6,8-13,15,20H,4,7,14H2,1-3H3. The van der Waals surface area contributed by atoms with Crippen molar-refractivity contribution >= 4 is 5.69 Å². The number of benzene rings is 2. The Kier molecular flexibility index (Phi) is 5.68. The highest BCUT2D eigenvalue weighted by atomic mass is 16.5. The Hall–Kier alpha value is -1.96. The molecular weight excluding hydrogens is 258 g/mol. The Balaban J connectivity index is 1.99. The van der Waals surface area contributed by atoms with E-state index in [9.17, 15) is 0 Å². The lowest BCUT2D eigenvalue weighted by atomic mass is 10.1. The summed E-state index contributed by atoms with van der Waals surface area (Å²) in [6, 6.07) is 16.9. The second kappa shape index (κ2) is 7.72. The third-order valence-electron chi connectivity index (χ3n) is 3.31. The van der Waals surface area contributed by atoms with Crippen LogP contribution in [0.25, 0.3) is 0 Å². The SMILES string of the molecule is CCCc1ccc(NCc2ccccc2OC(C)C)cc1. The summed E-state index contributed by atoms with van der Waals surface area (Å²) in [5.41, 5.74) is 3.73. The maximum atomic E-state index is 5.84. The van der Waals surface area contributed by atoms with Crippen LogP contribution in [-0.4, -0.2) is 6.10 Å². The van der Waals surface area contributed by atoms with Gasteiger partial charge in [0, 0.05) is 17.8 Å². The molecule has 0 aliphatic heterocycles. The maximum absolute atomic E-state index is 5.84. The first-order valence-corrected chi connectivity index (χ1v) is 7.76. The fourth-order valence-corrected chi connectivity index (χ4v) is 2.29. The van der Waals surface area contributed by atoms with E-state index in [4.69, 9.17) is 4.74 Å². The lowest BCUT2D eigenvalue weighted by Gasteiger charge is -2.15. The van der Waals surface area contributed by atoms with Gasteiger partial charge in [-0.25, -0.2) is 0 Å². The molecule has 21 heavy (non-hydrogen) atoms.